The Kier molecular flexibility index (Phi) is 7.23. The van der Waals surface area contributed by atoms with Crippen LogP contribution in [0.3, 0.4) is 0 Å². The van der Waals surface area contributed by atoms with Gasteiger partial charge in [0, 0.05) is 38.7 Å². The lowest BCUT2D eigenvalue weighted by Gasteiger charge is -2.15. The van der Waals surface area contributed by atoms with Gasteiger partial charge in [-0.1, -0.05) is 6.92 Å². The highest BCUT2D eigenvalue weighted by atomic mass is 32.1. The van der Waals surface area contributed by atoms with E-state index in [1.165, 1.54) is 0 Å². The first-order valence-electron chi connectivity index (χ1n) is 6.58. The number of rotatable bonds is 9. The summed E-state index contributed by atoms with van der Waals surface area (Å²) in [6, 6.07) is 0.335. The maximum absolute atomic E-state index is 5.06. The molecule has 0 spiro atoms. The Bertz CT molecular complexity index is 330. The van der Waals surface area contributed by atoms with Crippen LogP contribution in [0.15, 0.2) is 5.38 Å². The molecule has 0 aliphatic carbocycles. The molecule has 0 aliphatic rings. The van der Waals surface area contributed by atoms with E-state index in [0.717, 1.165) is 43.4 Å². The molecule has 1 unspecified atom stereocenters. The monoisotopic (exact) mass is 271 g/mol. The number of aromatic nitrogens is 1. The smallest absolute Gasteiger partial charge is 0.185 e. The van der Waals surface area contributed by atoms with Gasteiger partial charge in [-0.2, -0.15) is 0 Å². The predicted octanol–water partition coefficient (Wildman–Crippen LogP) is 2.68. The second-order valence-electron chi connectivity index (χ2n) is 4.50. The van der Waals surface area contributed by atoms with Gasteiger partial charge in [0.25, 0.3) is 0 Å². The summed E-state index contributed by atoms with van der Waals surface area (Å²) in [5.74, 6) is 0. The van der Waals surface area contributed by atoms with E-state index in [0.29, 0.717) is 6.04 Å². The van der Waals surface area contributed by atoms with Crippen LogP contribution >= 0.6 is 11.3 Å². The molecule has 104 valence electrons. The molecule has 1 atom stereocenters. The van der Waals surface area contributed by atoms with Crippen LogP contribution < -0.4 is 10.2 Å². The molecular formula is C13H25N3OS. The van der Waals surface area contributed by atoms with Crippen molar-refractivity contribution in [3.05, 3.63) is 11.1 Å². The largest absolute Gasteiger partial charge is 0.385 e. The van der Waals surface area contributed by atoms with E-state index in [9.17, 15) is 0 Å². The number of hydrogen-bond donors (Lipinski definition) is 1. The van der Waals surface area contributed by atoms with Crippen molar-refractivity contribution in [2.75, 3.05) is 38.8 Å². The van der Waals surface area contributed by atoms with Crippen molar-refractivity contribution in [2.45, 2.75) is 32.7 Å². The van der Waals surface area contributed by atoms with Crippen molar-refractivity contribution in [1.82, 2.24) is 10.3 Å². The van der Waals surface area contributed by atoms with Gasteiger partial charge in [0.15, 0.2) is 5.13 Å². The van der Waals surface area contributed by atoms with Crippen molar-refractivity contribution in [3.63, 3.8) is 0 Å². The van der Waals surface area contributed by atoms with E-state index < -0.39 is 0 Å². The summed E-state index contributed by atoms with van der Waals surface area (Å²) in [6.45, 7) is 7.17. The second kappa shape index (κ2) is 8.45. The zero-order valence-electron chi connectivity index (χ0n) is 11.9. The second-order valence-corrected chi connectivity index (χ2v) is 5.34. The molecule has 0 saturated heterocycles. The van der Waals surface area contributed by atoms with Crippen LogP contribution in [0.2, 0.25) is 0 Å². The SMILES string of the molecule is CCCNC(C)c1csc(N(C)CCCOC)n1. The molecule has 0 bridgehead atoms. The summed E-state index contributed by atoms with van der Waals surface area (Å²) in [5.41, 5.74) is 1.14. The maximum atomic E-state index is 5.06. The van der Waals surface area contributed by atoms with Crippen LogP contribution in [0.5, 0.6) is 0 Å². The van der Waals surface area contributed by atoms with Gasteiger partial charge in [0.1, 0.15) is 0 Å². The van der Waals surface area contributed by atoms with E-state index in [1.54, 1.807) is 18.4 Å². The first kappa shape index (κ1) is 15.4. The van der Waals surface area contributed by atoms with Gasteiger partial charge in [-0.25, -0.2) is 4.98 Å². The van der Waals surface area contributed by atoms with Crippen LogP contribution in [-0.2, 0) is 4.74 Å². The molecular weight excluding hydrogens is 246 g/mol. The van der Waals surface area contributed by atoms with Crippen molar-refractivity contribution >= 4 is 16.5 Å². The fourth-order valence-corrected chi connectivity index (χ4v) is 2.57. The molecule has 5 heteroatoms. The Hall–Kier alpha value is -0.650. The molecule has 0 amide bonds. The lowest BCUT2D eigenvalue weighted by molar-refractivity contribution is 0.196. The van der Waals surface area contributed by atoms with E-state index in [-0.39, 0.29) is 0 Å². The highest BCUT2D eigenvalue weighted by Gasteiger charge is 2.11. The van der Waals surface area contributed by atoms with Crippen molar-refractivity contribution in [3.8, 4) is 0 Å². The quantitative estimate of drug-likeness (QED) is 0.701. The van der Waals surface area contributed by atoms with Crippen LogP contribution in [0, 0.1) is 0 Å². The minimum Gasteiger partial charge on any atom is -0.385 e. The van der Waals surface area contributed by atoms with Crippen LogP contribution in [0.4, 0.5) is 5.13 Å². The zero-order chi connectivity index (χ0) is 13.4. The number of nitrogens with zero attached hydrogens (tertiary/aromatic N) is 2. The standard InChI is InChI=1S/C13H25N3OS/c1-5-7-14-11(2)12-10-18-13(15-12)16(3)8-6-9-17-4/h10-11,14H,5-9H2,1-4H3. The van der Waals surface area contributed by atoms with Crippen LogP contribution in [-0.4, -0.2) is 38.8 Å². The summed E-state index contributed by atoms with van der Waals surface area (Å²) in [7, 11) is 3.82. The first-order valence-corrected chi connectivity index (χ1v) is 7.45. The molecule has 0 fully saturated rings. The molecule has 1 heterocycles. The minimum atomic E-state index is 0.335. The Morgan fingerprint density at radius 2 is 2.33 bits per heavy atom. The summed E-state index contributed by atoms with van der Waals surface area (Å²) in [4.78, 5) is 6.88. The van der Waals surface area contributed by atoms with Crippen LogP contribution in [0.25, 0.3) is 0 Å². The Morgan fingerprint density at radius 1 is 1.56 bits per heavy atom. The molecule has 1 aromatic rings. The van der Waals surface area contributed by atoms with E-state index in [2.05, 4.69) is 41.5 Å². The zero-order valence-corrected chi connectivity index (χ0v) is 12.7. The average molecular weight is 271 g/mol. The molecule has 18 heavy (non-hydrogen) atoms. The Labute approximate surface area is 114 Å². The van der Waals surface area contributed by atoms with E-state index >= 15 is 0 Å². The number of nitrogens with one attached hydrogen (secondary N) is 1. The highest BCUT2D eigenvalue weighted by Crippen LogP contribution is 2.23. The minimum absolute atomic E-state index is 0.335. The van der Waals surface area contributed by atoms with Crippen molar-refractivity contribution in [2.24, 2.45) is 0 Å². The number of hydrogen-bond acceptors (Lipinski definition) is 5. The lowest BCUT2D eigenvalue weighted by atomic mass is 10.2. The third kappa shape index (κ3) is 4.92. The van der Waals surface area contributed by atoms with Crippen molar-refractivity contribution in [1.29, 1.82) is 0 Å². The van der Waals surface area contributed by atoms with Gasteiger partial charge in [0.05, 0.1) is 5.69 Å². The third-order valence-electron chi connectivity index (χ3n) is 2.82. The van der Waals surface area contributed by atoms with Gasteiger partial charge >= 0.3 is 0 Å². The Morgan fingerprint density at radius 3 is 3.00 bits per heavy atom. The van der Waals surface area contributed by atoms with Gasteiger partial charge < -0.3 is 15.0 Å². The molecule has 1 N–H and O–H groups in total. The van der Waals surface area contributed by atoms with Gasteiger partial charge in [-0.15, -0.1) is 11.3 Å². The van der Waals surface area contributed by atoms with Gasteiger partial charge in [0.2, 0.25) is 0 Å². The number of ether oxygens (including phenoxy) is 1. The topological polar surface area (TPSA) is 37.4 Å². The number of anilines is 1. The number of thiazole rings is 1. The molecule has 1 rings (SSSR count). The summed E-state index contributed by atoms with van der Waals surface area (Å²) >= 11 is 1.71. The fourth-order valence-electron chi connectivity index (χ4n) is 1.66. The lowest BCUT2D eigenvalue weighted by Crippen LogP contribution is -2.21. The normalized spacial score (nSPS) is 12.7. The number of methoxy groups -OCH3 is 1. The van der Waals surface area contributed by atoms with Crippen molar-refractivity contribution < 1.29 is 4.74 Å². The van der Waals surface area contributed by atoms with Gasteiger partial charge in [-0.05, 0) is 26.3 Å². The predicted molar refractivity (Wildman–Crippen MR) is 78.6 cm³/mol. The summed E-state index contributed by atoms with van der Waals surface area (Å²) in [5, 5.41) is 6.70. The molecule has 0 aliphatic heterocycles. The highest BCUT2D eigenvalue weighted by molar-refractivity contribution is 7.13. The van der Waals surface area contributed by atoms with Crippen LogP contribution in [0.1, 0.15) is 38.4 Å². The summed E-state index contributed by atoms with van der Waals surface area (Å²) in [6.07, 6.45) is 2.18. The molecule has 4 nitrogen and oxygen atoms in total. The molecule has 1 aromatic heterocycles. The maximum Gasteiger partial charge on any atom is 0.185 e. The molecule has 0 saturated carbocycles. The fraction of sp³-hybridized carbons (Fsp3) is 0.769. The molecule has 0 radical (unpaired) electrons. The third-order valence-corrected chi connectivity index (χ3v) is 3.80. The van der Waals surface area contributed by atoms with E-state index in [1.807, 2.05) is 0 Å². The van der Waals surface area contributed by atoms with Gasteiger partial charge in [-0.3, -0.25) is 0 Å². The summed E-state index contributed by atoms with van der Waals surface area (Å²) < 4.78 is 5.06. The average Bonchev–Trinajstić information content (AvgIpc) is 2.85. The molecule has 0 aromatic carbocycles. The van der Waals surface area contributed by atoms with E-state index in [4.69, 9.17) is 4.74 Å². The first-order chi connectivity index (χ1) is 8.69. The Balaban J connectivity index is 2.46.